The van der Waals surface area contributed by atoms with E-state index in [1.165, 1.54) is 10.9 Å². The molecule has 0 bridgehead atoms. The predicted octanol–water partition coefficient (Wildman–Crippen LogP) is 2.54. The first-order chi connectivity index (χ1) is 6.85. The van der Waals surface area contributed by atoms with Crippen LogP contribution in [0.1, 0.15) is 18.9 Å². The van der Waals surface area contributed by atoms with Crippen LogP contribution in [0.4, 0.5) is 0 Å². The van der Waals surface area contributed by atoms with E-state index in [-0.39, 0.29) is 6.61 Å². The Morgan fingerprint density at radius 2 is 2.14 bits per heavy atom. The molecule has 2 rings (SSSR count). The van der Waals surface area contributed by atoms with Crippen LogP contribution in [0.25, 0.3) is 10.9 Å². The Hall–Kier alpha value is -1.28. The SMILES string of the molecule is CCCn1ccc2cc(CO)ccc21. The third kappa shape index (κ3) is 1.53. The van der Waals surface area contributed by atoms with Gasteiger partial charge in [-0.15, -0.1) is 0 Å². The molecule has 1 aromatic carbocycles. The van der Waals surface area contributed by atoms with Gasteiger partial charge in [-0.3, -0.25) is 0 Å². The molecule has 2 aromatic rings. The van der Waals surface area contributed by atoms with Crippen LogP contribution in [0.3, 0.4) is 0 Å². The van der Waals surface area contributed by atoms with Crippen molar-refractivity contribution in [3.63, 3.8) is 0 Å². The molecular weight excluding hydrogens is 174 g/mol. The summed E-state index contributed by atoms with van der Waals surface area (Å²) in [6, 6.07) is 8.21. The van der Waals surface area contributed by atoms with Crippen molar-refractivity contribution in [3.05, 3.63) is 36.0 Å². The minimum atomic E-state index is 0.120. The molecule has 0 unspecified atom stereocenters. The van der Waals surface area contributed by atoms with Gasteiger partial charge in [0.05, 0.1) is 6.61 Å². The molecule has 1 heterocycles. The highest BCUT2D eigenvalue weighted by atomic mass is 16.3. The maximum atomic E-state index is 9.00. The Kier molecular flexibility index (Phi) is 2.55. The number of aromatic nitrogens is 1. The van der Waals surface area contributed by atoms with Gasteiger partial charge in [0.1, 0.15) is 0 Å². The largest absolute Gasteiger partial charge is 0.392 e. The van der Waals surface area contributed by atoms with Crippen LogP contribution in [0.15, 0.2) is 30.5 Å². The standard InChI is InChI=1S/C12H15NO/c1-2-6-13-7-5-11-8-10(9-14)3-4-12(11)13/h3-5,7-8,14H,2,6,9H2,1H3. The van der Waals surface area contributed by atoms with Crippen molar-refractivity contribution in [1.82, 2.24) is 4.57 Å². The van der Waals surface area contributed by atoms with Crippen molar-refractivity contribution in [3.8, 4) is 0 Å². The Morgan fingerprint density at radius 3 is 2.86 bits per heavy atom. The number of hydrogen-bond donors (Lipinski definition) is 1. The zero-order valence-electron chi connectivity index (χ0n) is 8.40. The predicted molar refractivity (Wildman–Crippen MR) is 58.2 cm³/mol. The van der Waals surface area contributed by atoms with Gasteiger partial charge in [0.25, 0.3) is 0 Å². The van der Waals surface area contributed by atoms with Gasteiger partial charge in [0, 0.05) is 18.3 Å². The second-order valence-electron chi connectivity index (χ2n) is 3.56. The molecule has 0 fully saturated rings. The minimum absolute atomic E-state index is 0.120. The van der Waals surface area contributed by atoms with Crippen LogP contribution in [-0.2, 0) is 13.2 Å². The van der Waals surface area contributed by atoms with E-state index in [0.717, 1.165) is 18.5 Å². The van der Waals surface area contributed by atoms with E-state index in [0.29, 0.717) is 0 Å². The maximum Gasteiger partial charge on any atom is 0.0682 e. The van der Waals surface area contributed by atoms with E-state index in [4.69, 9.17) is 5.11 Å². The molecule has 2 nitrogen and oxygen atoms in total. The average Bonchev–Trinajstić information content (AvgIpc) is 2.61. The van der Waals surface area contributed by atoms with Crippen LogP contribution < -0.4 is 0 Å². The quantitative estimate of drug-likeness (QED) is 0.788. The van der Waals surface area contributed by atoms with Gasteiger partial charge in [-0.1, -0.05) is 13.0 Å². The number of aryl methyl sites for hydroxylation is 1. The summed E-state index contributed by atoms with van der Waals surface area (Å²) in [5, 5.41) is 10.2. The molecule has 0 atom stereocenters. The van der Waals surface area contributed by atoms with Crippen LogP contribution in [0.5, 0.6) is 0 Å². The maximum absolute atomic E-state index is 9.00. The lowest BCUT2D eigenvalue weighted by atomic mass is 10.2. The number of nitrogens with zero attached hydrogens (tertiary/aromatic N) is 1. The van der Waals surface area contributed by atoms with Gasteiger partial charge in [-0.05, 0) is 35.6 Å². The third-order valence-corrected chi connectivity index (χ3v) is 2.48. The highest BCUT2D eigenvalue weighted by molar-refractivity contribution is 5.80. The van der Waals surface area contributed by atoms with Crippen molar-refractivity contribution in [2.75, 3.05) is 0 Å². The minimum Gasteiger partial charge on any atom is -0.392 e. The first-order valence-corrected chi connectivity index (χ1v) is 5.03. The Balaban J connectivity index is 2.48. The highest BCUT2D eigenvalue weighted by Crippen LogP contribution is 2.18. The number of benzene rings is 1. The zero-order chi connectivity index (χ0) is 9.97. The summed E-state index contributed by atoms with van der Waals surface area (Å²) in [5.41, 5.74) is 2.23. The molecule has 0 aliphatic carbocycles. The lowest BCUT2D eigenvalue weighted by Crippen LogP contribution is -1.93. The van der Waals surface area contributed by atoms with E-state index in [1.54, 1.807) is 0 Å². The molecule has 0 amide bonds. The number of rotatable bonds is 3. The van der Waals surface area contributed by atoms with Gasteiger partial charge in [-0.2, -0.15) is 0 Å². The average molecular weight is 189 g/mol. The first kappa shape index (κ1) is 9.28. The zero-order valence-corrected chi connectivity index (χ0v) is 8.40. The number of aliphatic hydroxyl groups excluding tert-OH is 1. The second-order valence-corrected chi connectivity index (χ2v) is 3.56. The van der Waals surface area contributed by atoms with E-state index < -0.39 is 0 Å². The topological polar surface area (TPSA) is 25.2 Å². The summed E-state index contributed by atoms with van der Waals surface area (Å²) in [7, 11) is 0. The molecule has 0 saturated heterocycles. The summed E-state index contributed by atoms with van der Waals surface area (Å²) in [4.78, 5) is 0. The van der Waals surface area contributed by atoms with Gasteiger partial charge in [0.15, 0.2) is 0 Å². The molecule has 0 radical (unpaired) electrons. The van der Waals surface area contributed by atoms with Gasteiger partial charge >= 0.3 is 0 Å². The fraction of sp³-hybridized carbons (Fsp3) is 0.333. The Labute approximate surface area is 83.8 Å². The van der Waals surface area contributed by atoms with Gasteiger partial charge in [-0.25, -0.2) is 0 Å². The smallest absolute Gasteiger partial charge is 0.0682 e. The van der Waals surface area contributed by atoms with Crippen molar-refractivity contribution < 1.29 is 5.11 Å². The molecule has 0 saturated carbocycles. The van der Waals surface area contributed by atoms with Crippen molar-refractivity contribution in [2.45, 2.75) is 26.5 Å². The lowest BCUT2D eigenvalue weighted by Gasteiger charge is -2.03. The summed E-state index contributed by atoms with van der Waals surface area (Å²) in [5.74, 6) is 0. The molecule has 0 aliphatic rings. The highest BCUT2D eigenvalue weighted by Gasteiger charge is 2.00. The van der Waals surface area contributed by atoms with Crippen LogP contribution in [0.2, 0.25) is 0 Å². The number of aliphatic hydroxyl groups is 1. The van der Waals surface area contributed by atoms with Crippen LogP contribution in [-0.4, -0.2) is 9.67 Å². The fourth-order valence-electron chi connectivity index (χ4n) is 1.78. The van der Waals surface area contributed by atoms with Crippen LogP contribution >= 0.6 is 0 Å². The summed E-state index contributed by atoms with van der Waals surface area (Å²) in [6.45, 7) is 3.35. The molecule has 1 aromatic heterocycles. The summed E-state index contributed by atoms with van der Waals surface area (Å²) in [6.07, 6.45) is 3.25. The molecule has 2 heteroatoms. The molecule has 14 heavy (non-hydrogen) atoms. The molecule has 0 spiro atoms. The van der Waals surface area contributed by atoms with E-state index in [9.17, 15) is 0 Å². The van der Waals surface area contributed by atoms with E-state index >= 15 is 0 Å². The van der Waals surface area contributed by atoms with E-state index in [1.807, 2.05) is 12.1 Å². The van der Waals surface area contributed by atoms with Crippen molar-refractivity contribution >= 4 is 10.9 Å². The molecule has 0 aliphatic heterocycles. The lowest BCUT2D eigenvalue weighted by molar-refractivity contribution is 0.282. The van der Waals surface area contributed by atoms with Gasteiger partial charge < -0.3 is 9.67 Å². The monoisotopic (exact) mass is 189 g/mol. The first-order valence-electron chi connectivity index (χ1n) is 5.03. The van der Waals surface area contributed by atoms with Gasteiger partial charge in [0.2, 0.25) is 0 Å². The van der Waals surface area contributed by atoms with Crippen molar-refractivity contribution in [1.29, 1.82) is 0 Å². The molecule has 74 valence electrons. The normalized spacial score (nSPS) is 11.0. The molecular formula is C12H15NO. The number of hydrogen-bond acceptors (Lipinski definition) is 1. The second kappa shape index (κ2) is 3.84. The Morgan fingerprint density at radius 1 is 1.29 bits per heavy atom. The summed E-state index contributed by atoms with van der Waals surface area (Å²) >= 11 is 0. The summed E-state index contributed by atoms with van der Waals surface area (Å²) < 4.78 is 2.25. The Bertz CT molecular complexity index is 431. The fourth-order valence-corrected chi connectivity index (χ4v) is 1.78. The van der Waals surface area contributed by atoms with Crippen LogP contribution in [0, 0.1) is 0 Å². The third-order valence-electron chi connectivity index (χ3n) is 2.48. The van der Waals surface area contributed by atoms with E-state index in [2.05, 4.69) is 29.8 Å². The molecule has 1 N–H and O–H groups in total. The number of fused-ring (bicyclic) bond motifs is 1. The van der Waals surface area contributed by atoms with Crippen molar-refractivity contribution in [2.24, 2.45) is 0 Å².